The fraction of sp³-hybridized carbons (Fsp3) is 0.316. The number of hydrogen-bond acceptors (Lipinski definition) is 5. The number of benzene rings is 2. The summed E-state index contributed by atoms with van der Waals surface area (Å²) >= 11 is 0. The maximum absolute atomic E-state index is 11.6. The molecule has 2 aromatic rings. The Labute approximate surface area is 146 Å². The summed E-state index contributed by atoms with van der Waals surface area (Å²) in [5.41, 5.74) is 2.73. The van der Waals surface area contributed by atoms with Crippen molar-refractivity contribution in [3.8, 4) is 17.2 Å². The van der Waals surface area contributed by atoms with Crippen molar-refractivity contribution >= 4 is 11.7 Å². The molecule has 0 spiro atoms. The highest BCUT2D eigenvalue weighted by atomic mass is 16.5. The number of anilines is 1. The first-order valence-electron chi connectivity index (χ1n) is 7.97. The topological polar surface area (TPSA) is 77.0 Å². The van der Waals surface area contributed by atoms with Gasteiger partial charge in [-0.2, -0.15) is 0 Å². The van der Waals surface area contributed by atoms with Crippen LogP contribution in [0.5, 0.6) is 17.2 Å². The Balaban J connectivity index is 2.16. The van der Waals surface area contributed by atoms with Crippen LogP contribution in [0.3, 0.4) is 0 Å². The molecule has 6 heteroatoms. The van der Waals surface area contributed by atoms with Gasteiger partial charge in [-0.15, -0.1) is 0 Å². The predicted molar refractivity (Wildman–Crippen MR) is 94.0 cm³/mol. The number of para-hydroxylation sites is 1. The first kappa shape index (κ1) is 17.0. The molecule has 1 aliphatic rings. The van der Waals surface area contributed by atoms with Crippen LogP contribution in [0.1, 0.15) is 23.5 Å². The van der Waals surface area contributed by atoms with Crippen LogP contribution >= 0.6 is 0 Å². The molecule has 132 valence electrons. The van der Waals surface area contributed by atoms with Crippen LogP contribution in [0.4, 0.5) is 5.69 Å². The predicted octanol–water partition coefficient (Wildman–Crippen LogP) is 3.11. The van der Waals surface area contributed by atoms with Gasteiger partial charge in [0.25, 0.3) is 0 Å². The molecule has 2 aromatic carbocycles. The molecule has 0 bridgehead atoms. The highest BCUT2D eigenvalue weighted by Crippen LogP contribution is 2.48. The number of ether oxygens (including phenoxy) is 3. The maximum Gasteiger partial charge on any atom is 0.326 e. The van der Waals surface area contributed by atoms with Gasteiger partial charge < -0.3 is 24.6 Å². The third-order valence-electron chi connectivity index (χ3n) is 4.55. The van der Waals surface area contributed by atoms with Gasteiger partial charge in [0.15, 0.2) is 11.5 Å². The van der Waals surface area contributed by atoms with Crippen LogP contribution in [-0.4, -0.2) is 38.4 Å². The summed E-state index contributed by atoms with van der Waals surface area (Å²) < 4.78 is 16.4. The summed E-state index contributed by atoms with van der Waals surface area (Å²) in [5, 5.41) is 12.6. The van der Waals surface area contributed by atoms with E-state index in [1.807, 2.05) is 36.4 Å². The number of nitrogens with one attached hydrogen (secondary N) is 1. The second kappa shape index (κ2) is 6.93. The number of aliphatic carboxylic acids is 1. The molecular formula is C19H21NO5. The largest absolute Gasteiger partial charge is 0.493 e. The van der Waals surface area contributed by atoms with Gasteiger partial charge in [-0.05, 0) is 24.1 Å². The number of methoxy groups -OCH3 is 3. The van der Waals surface area contributed by atoms with Crippen LogP contribution in [-0.2, 0) is 4.79 Å². The average molecular weight is 343 g/mol. The van der Waals surface area contributed by atoms with Crippen molar-refractivity contribution < 1.29 is 24.1 Å². The van der Waals surface area contributed by atoms with Gasteiger partial charge in [-0.3, -0.25) is 0 Å². The number of carboxylic acids is 1. The number of fused-ring (bicyclic) bond motifs is 1. The van der Waals surface area contributed by atoms with E-state index in [2.05, 4.69) is 5.32 Å². The molecule has 0 saturated carbocycles. The highest BCUT2D eigenvalue weighted by Gasteiger charge is 2.34. The van der Waals surface area contributed by atoms with Gasteiger partial charge in [0, 0.05) is 17.2 Å². The molecule has 0 saturated heterocycles. The standard InChI is InChI=1S/C19H21NO5/c1-23-16-9-8-12(17(24-2)18(16)25-3)13-10-15(19(21)22)20-14-7-5-4-6-11(13)14/h4-9,13,15,20H,10H2,1-3H3,(H,21,22). The van der Waals surface area contributed by atoms with Gasteiger partial charge in [0.2, 0.25) is 5.75 Å². The number of carboxylic acid groups (broad SMARTS) is 1. The molecule has 3 rings (SSSR count). The van der Waals surface area contributed by atoms with E-state index < -0.39 is 12.0 Å². The quantitative estimate of drug-likeness (QED) is 0.869. The van der Waals surface area contributed by atoms with Crippen LogP contribution in [0.15, 0.2) is 36.4 Å². The number of carbonyl (C=O) groups is 1. The molecule has 1 heterocycles. The van der Waals surface area contributed by atoms with Crippen molar-refractivity contribution in [1.29, 1.82) is 0 Å². The van der Waals surface area contributed by atoms with E-state index in [-0.39, 0.29) is 5.92 Å². The van der Waals surface area contributed by atoms with Crippen LogP contribution in [0, 0.1) is 0 Å². The smallest absolute Gasteiger partial charge is 0.326 e. The van der Waals surface area contributed by atoms with E-state index in [1.54, 1.807) is 21.3 Å². The molecule has 0 fully saturated rings. The highest BCUT2D eigenvalue weighted by molar-refractivity contribution is 5.80. The van der Waals surface area contributed by atoms with E-state index in [0.717, 1.165) is 16.8 Å². The molecular weight excluding hydrogens is 322 g/mol. The summed E-state index contributed by atoms with van der Waals surface area (Å²) in [6.07, 6.45) is 0.415. The Bertz CT molecular complexity index is 789. The first-order valence-corrected chi connectivity index (χ1v) is 7.97. The SMILES string of the molecule is COc1ccc(C2CC(C(=O)O)Nc3ccccc32)c(OC)c1OC. The van der Waals surface area contributed by atoms with E-state index in [0.29, 0.717) is 23.7 Å². The fourth-order valence-corrected chi connectivity index (χ4v) is 3.40. The zero-order valence-electron chi connectivity index (χ0n) is 14.4. The minimum absolute atomic E-state index is 0.131. The van der Waals surface area contributed by atoms with Crippen LogP contribution in [0.25, 0.3) is 0 Å². The lowest BCUT2D eigenvalue weighted by Crippen LogP contribution is -2.35. The second-order valence-corrected chi connectivity index (χ2v) is 5.83. The maximum atomic E-state index is 11.6. The van der Waals surface area contributed by atoms with Crippen LogP contribution < -0.4 is 19.5 Å². The molecule has 1 aliphatic heterocycles. The van der Waals surface area contributed by atoms with Crippen molar-refractivity contribution in [3.05, 3.63) is 47.5 Å². The fourth-order valence-electron chi connectivity index (χ4n) is 3.40. The summed E-state index contributed by atoms with van der Waals surface area (Å²) in [4.78, 5) is 11.6. The van der Waals surface area contributed by atoms with Gasteiger partial charge in [0.1, 0.15) is 6.04 Å². The summed E-state index contributed by atoms with van der Waals surface area (Å²) in [6, 6.07) is 10.8. The van der Waals surface area contributed by atoms with Crippen LogP contribution in [0.2, 0.25) is 0 Å². The summed E-state index contributed by atoms with van der Waals surface area (Å²) in [6.45, 7) is 0. The monoisotopic (exact) mass is 343 g/mol. The Hall–Kier alpha value is -2.89. The van der Waals surface area contributed by atoms with E-state index >= 15 is 0 Å². The van der Waals surface area contributed by atoms with Crippen molar-refractivity contribution in [1.82, 2.24) is 0 Å². The van der Waals surface area contributed by atoms with Crippen molar-refractivity contribution in [2.24, 2.45) is 0 Å². The third kappa shape index (κ3) is 2.95. The Morgan fingerprint density at radius 3 is 2.36 bits per heavy atom. The zero-order valence-corrected chi connectivity index (χ0v) is 14.4. The molecule has 6 nitrogen and oxygen atoms in total. The minimum Gasteiger partial charge on any atom is -0.493 e. The van der Waals surface area contributed by atoms with E-state index in [9.17, 15) is 9.90 Å². The first-order chi connectivity index (χ1) is 12.1. The molecule has 2 atom stereocenters. The lowest BCUT2D eigenvalue weighted by molar-refractivity contribution is -0.138. The molecule has 25 heavy (non-hydrogen) atoms. The Morgan fingerprint density at radius 2 is 1.72 bits per heavy atom. The van der Waals surface area contributed by atoms with Gasteiger partial charge in [-0.25, -0.2) is 4.79 Å². The van der Waals surface area contributed by atoms with Crippen molar-refractivity contribution in [2.75, 3.05) is 26.6 Å². The lowest BCUT2D eigenvalue weighted by atomic mass is 9.81. The normalized spacial score (nSPS) is 18.7. The van der Waals surface area contributed by atoms with E-state index in [4.69, 9.17) is 14.2 Å². The summed E-state index contributed by atoms with van der Waals surface area (Å²) in [5.74, 6) is 0.630. The Kier molecular flexibility index (Phi) is 4.70. The average Bonchev–Trinajstić information content (AvgIpc) is 2.65. The zero-order chi connectivity index (χ0) is 18.0. The third-order valence-corrected chi connectivity index (χ3v) is 4.55. The van der Waals surface area contributed by atoms with Crippen molar-refractivity contribution in [2.45, 2.75) is 18.4 Å². The molecule has 2 N–H and O–H groups in total. The number of hydrogen-bond donors (Lipinski definition) is 2. The summed E-state index contributed by atoms with van der Waals surface area (Å²) in [7, 11) is 4.69. The number of rotatable bonds is 5. The molecule has 2 unspecified atom stereocenters. The lowest BCUT2D eigenvalue weighted by Gasteiger charge is -2.32. The van der Waals surface area contributed by atoms with Gasteiger partial charge in [-0.1, -0.05) is 24.3 Å². The molecule has 0 aliphatic carbocycles. The van der Waals surface area contributed by atoms with Crippen molar-refractivity contribution in [3.63, 3.8) is 0 Å². The molecule has 0 amide bonds. The van der Waals surface area contributed by atoms with E-state index in [1.165, 1.54) is 0 Å². The minimum atomic E-state index is -0.876. The molecule has 0 radical (unpaired) electrons. The second-order valence-electron chi connectivity index (χ2n) is 5.83. The van der Waals surface area contributed by atoms with Gasteiger partial charge in [0.05, 0.1) is 21.3 Å². The Morgan fingerprint density at radius 1 is 1.00 bits per heavy atom. The van der Waals surface area contributed by atoms with Gasteiger partial charge >= 0.3 is 5.97 Å². The molecule has 0 aromatic heterocycles.